The Balaban J connectivity index is 2.10. The van der Waals surface area contributed by atoms with Gasteiger partial charge in [0.05, 0.1) is 11.4 Å². The Morgan fingerprint density at radius 1 is 1.30 bits per heavy atom. The van der Waals surface area contributed by atoms with E-state index in [0.29, 0.717) is 17.9 Å². The van der Waals surface area contributed by atoms with Crippen molar-refractivity contribution in [3.63, 3.8) is 0 Å². The number of aliphatic hydroxyl groups excluding tert-OH is 1. The molecular weight excluding hydrogens is 350 g/mol. The third-order valence-electron chi connectivity index (χ3n) is 4.88. The summed E-state index contributed by atoms with van der Waals surface area (Å²) in [5.41, 5.74) is -1.53. The van der Waals surface area contributed by atoms with Crippen molar-refractivity contribution in [2.45, 2.75) is 43.9 Å². The summed E-state index contributed by atoms with van der Waals surface area (Å²) in [5, 5.41) is 10.6. The van der Waals surface area contributed by atoms with Gasteiger partial charge >= 0.3 is 5.92 Å². The van der Waals surface area contributed by atoms with E-state index < -0.39 is 17.8 Å². The van der Waals surface area contributed by atoms with Crippen molar-refractivity contribution in [1.82, 2.24) is 4.98 Å². The molecule has 0 radical (unpaired) electrons. The van der Waals surface area contributed by atoms with Crippen molar-refractivity contribution in [2.75, 3.05) is 11.4 Å². The molecule has 27 heavy (non-hydrogen) atoms. The molecule has 2 aromatic rings. The molecule has 2 heterocycles. The van der Waals surface area contributed by atoms with Crippen LogP contribution in [0.5, 0.6) is 5.75 Å². The van der Waals surface area contributed by atoms with Crippen LogP contribution in [0.1, 0.15) is 38.0 Å². The van der Waals surface area contributed by atoms with Crippen LogP contribution in [0.25, 0.3) is 0 Å². The van der Waals surface area contributed by atoms with Gasteiger partial charge in [-0.3, -0.25) is 4.98 Å². The fraction of sp³-hybridized carbons (Fsp3) is 0.381. The minimum atomic E-state index is -3.61. The first-order chi connectivity index (χ1) is 13.0. The molecule has 2 atom stereocenters. The highest BCUT2D eigenvalue weighted by Gasteiger charge is 2.66. The molecule has 1 aromatic heterocycles. The second-order valence-corrected chi connectivity index (χ2v) is 6.64. The summed E-state index contributed by atoms with van der Waals surface area (Å²) in [6, 6.07) is 11.5. The molecule has 0 bridgehead atoms. The van der Waals surface area contributed by atoms with Gasteiger partial charge in [0, 0.05) is 19.2 Å². The minimum absolute atomic E-state index is 0.0584. The van der Waals surface area contributed by atoms with Gasteiger partial charge in [-0.25, -0.2) is 0 Å². The molecule has 0 fully saturated rings. The summed E-state index contributed by atoms with van der Waals surface area (Å²) in [6.45, 7) is 5.81. The first kappa shape index (κ1) is 19.3. The average molecular weight is 374 g/mol. The van der Waals surface area contributed by atoms with E-state index in [0.717, 1.165) is 6.42 Å². The Morgan fingerprint density at radius 2 is 2.04 bits per heavy atom. The van der Waals surface area contributed by atoms with Gasteiger partial charge in [-0.2, -0.15) is 8.78 Å². The van der Waals surface area contributed by atoms with Crippen LogP contribution in [-0.2, 0) is 0 Å². The summed E-state index contributed by atoms with van der Waals surface area (Å²) in [5.74, 6) is -3.23. The number of anilines is 1. The quantitative estimate of drug-likeness (QED) is 0.679. The number of halogens is 2. The zero-order valence-corrected chi connectivity index (χ0v) is 15.3. The van der Waals surface area contributed by atoms with Crippen LogP contribution in [-0.4, -0.2) is 28.3 Å². The largest absolute Gasteiger partial charge is 0.459 e. The molecule has 144 valence electrons. The second kappa shape index (κ2) is 7.64. The maximum Gasteiger partial charge on any atom is 0.336 e. The minimum Gasteiger partial charge on any atom is -0.459 e. The number of benzene rings is 1. The first-order valence-electron chi connectivity index (χ1n) is 9.11. The van der Waals surface area contributed by atoms with Gasteiger partial charge in [0.1, 0.15) is 5.75 Å². The standard InChI is InChI=1S/C21H24F2N2O2/c1-3-5-13-20(21(22,23)19(26)16-10-8-9-14-24-16)25(15-4-2)17-11-6-7-12-18(17)27-20/h4,6-12,14,19,26H,2-3,5,13,15H2,1H3/t19-,20-/m1/s1. The van der Waals surface area contributed by atoms with Crippen LogP contribution in [0.4, 0.5) is 14.5 Å². The van der Waals surface area contributed by atoms with Gasteiger partial charge in [-0.05, 0) is 30.7 Å². The molecule has 4 nitrogen and oxygen atoms in total. The molecule has 1 N–H and O–H groups in total. The van der Waals surface area contributed by atoms with Gasteiger partial charge in [-0.15, -0.1) is 6.58 Å². The second-order valence-electron chi connectivity index (χ2n) is 6.64. The predicted octanol–water partition coefficient (Wildman–Crippen LogP) is 4.72. The molecule has 0 saturated heterocycles. The summed E-state index contributed by atoms with van der Waals surface area (Å²) >= 11 is 0. The number of aromatic nitrogens is 1. The highest BCUT2D eigenvalue weighted by molar-refractivity contribution is 5.65. The molecule has 0 saturated carbocycles. The third-order valence-corrected chi connectivity index (χ3v) is 4.88. The molecule has 1 aliphatic rings. The Labute approximate surface area is 158 Å². The van der Waals surface area contributed by atoms with Crippen molar-refractivity contribution in [2.24, 2.45) is 0 Å². The average Bonchev–Trinajstić information content (AvgIpc) is 3.02. The number of pyridine rings is 1. The lowest BCUT2D eigenvalue weighted by Gasteiger charge is -2.44. The molecule has 0 unspecified atom stereocenters. The van der Waals surface area contributed by atoms with E-state index in [1.54, 1.807) is 42.5 Å². The molecule has 0 amide bonds. The van der Waals surface area contributed by atoms with Crippen molar-refractivity contribution >= 4 is 5.69 Å². The number of nitrogens with zero attached hydrogens (tertiary/aromatic N) is 2. The Bertz CT molecular complexity index is 785. The number of rotatable bonds is 8. The number of unbranched alkanes of at least 4 members (excludes halogenated alkanes) is 1. The summed E-state index contributed by atoms with van der Waals surface area (Å²) in [7, 11) is 0. The number of aliphatic hydroxyl groups is 1. The number of fused-ring (bicyclic) bond motifs is 1. The van der Waals surface area contributed by atoms with Gasteiger partial charge in [0.25, 0.3) is 0 Å². The molecule has 0 spiro atoms. The van der Waals surface area contributed by atoms with Gasteiger partial charge < -0.3 is 14.7 Å². The van der Waals surface area contributed by atoms with Gasteiger partial charge in [0.2, 0.25) is 5.72 Å². The molecule has 1 aromatic carbocycles. The monoisotopic (exact) mass is 374 g/mol. The molecule has 3 rings (SSSR count). The lowest BCUT2D eigenvalue weighted by Crippen LogP contribution is -2.64. The summed E-state index contributed by atoms with van der Waals surface area (Å²) < 4.78 is 37.6. The topological polar surface area (TPSA) is 45.6 Å². The summed E-state index contributed by atoms with van der Waals surface area (Å²) in [4.78, 5) is 5.43. The fourth-order valence-electron chi connectivity index (χ4n) is 3.53. The van der Waals surface area contributed by atoms with Crippen LogP contribution in [0.15, 0.2) is 61.3 Å². The molecule has 1 aliphatic heterocycles. The highest BCUT2D eigenvalue weighted by atomic mass is 19.3. The van der Waals surface area contributed by atoms with E-state index in [1.807, 2.05) is 6.92 Å². The van der Waals surface area contributed by atoms with Crippen molar-refractivity contribution in [3.8, 4) is 5.75 Å². The van der Waals surface area contributed by atoms with Crippen LogP contribution < -0.4 is 9.64 Å². The van der Waals surface area contributed by atoms with Crippen molar-refractivity contribution in [3.05, 3.63) is 67.0 Å². The van der Waals surface area contributed by atoms with E-state index >= 15 is 8.78 Å². The van der Waals surface area contributed by atoms with Gasteiger partial charge in [-0.1, -0.05) is 37.6 Å². The lowest BCUT2D eigenvalue weighted by molar-refractivity contribution is -0.220. The van der Waals surface area contributed by atoms with E-state index in [-0.39, 0.29) is 18.7 Å². The zero-order chi connectivity index (χ0) is 19.5. The van der Waals surface area contributed by atoms with Crippen LogP contribution >= 0.6 is 0 Å². The number of para-hydroxylation sites is 2. The summed E-state index contributed by atoms with van der Waals surface area (Å²) in [6.07, 6.45) is 2.15. The van der Waals surface area contributed by atoms with Crippen molar-refractivity contribution < 1.29 is 18.6 Å². The smallest absolute Gasteiger partial charge is 0.336 e. The third kappa shape index (κ3) is 3.18. The van der Waals surface area contributed by atoms with Gasteiger partial charge in [0.15, 0.2) is 6.10 Å². The van der Waals surface area contributed by atoms with E-state index in [9.17, 15) is 5.11 Å². The fourth-order valence-corrected chi connectivity index (χ4v) is 3.53. The Kier molecular flexibility index (Phi) is 5.46. The SMILES string of the molecule is C=CCN1c2ccccc2O[C@]1(CCCC)C(F)(F)[C@H](O)c1ccccn1. The molecule has 0 aliphatic carbocycles. The Hall–Kier alpha value is -2.47. The normalized spacial score (nSPS) is 20.1. The maximum absolute atomic E-state index is 15.8. The maximum atomic E-state index is 15.8. The van der Waals surface area contributed by atoms with Crippen molar-refractivity contribution in [1.29, 1.82) is 0 Å². The number of hydrogen-bond acceptors (Lipinski definition) is 4. The number of alkyl halides is 2. The van der Waals surface area contributed by atoms with E-state index in [4.69, 9.17) is 4.74 Å². The van der Waals surface area contributed by atoms with E-state index in [1.165, 1.54) is 17.2 Å². The van der Waals surface area contributed by atoms with Crippen LogP contribution in [0, 0.1) is 0 Å². The van der Waals surface area contributed by atoms with E-state index in [2.05, 4.69) is 11.6 Å². The van der Waals surface area contributed by atoms with Crippen LogP contribution in [0.3, 0.4) is 0 Å². The van der Waals surface area contributed by atoms with Crippen LogP contribution in [0.2, 0.25) is 0 Å². The number of ether oxygens (including phenoxy) is 1. The highest BCUT2D eigenvalue weighted by Crippen LogP contribution is 2.54. The Morgan fingerprint density at radius 3 is 2.70 bits per heavy atom. The molecular formula is C21H24F2N2O2. The number of hydrogen-bond donors (Lipinski definition) is 1. The molecule has 6 heteroatoms. The first-order valence-corrected chi connectivity index (χ1v) is 9.11. The predicted molar refractivity (Wildman–Crippen MR) is 101 cm³/mol. The zero-order valence-electron chi connectivity index (χ0n) is 15.3. The lowest BCUT2D eigenvalue weighted by atomic mass is 9.91.